The molecule has 1 fully saturated rings. The van der Waals surface area contributed by atoms with Crippen LogP contribution in [0.25, 0.3) is 0 Å². The number of benzene rings is 1. The summed E-state index contributed by atoms with van der Waals surface area (Å²) in [6, 6.07) is 5.43. The SMILES string of the molecule is CC(CCNC(=O)CC(C)C1CCNCC1)c1cccc(C(F)(F)F)c1. The van der Waals surface area contributed by atoms with E-state index < -0.39 is 11.7 Å². The molecule has 1 aromatic rings. The fourth-order valence-electron chi connectivity index (χ4n) is 3.56. The second-order valence-electron chi connectivity index (χ2n) is 7.43. The van der Waals surface area contributed by atoms with Gasteiger partial charge in [-0.2, -0.15) is 13.2 Å². The maximum Gasteiger partial charge on any atom is 0.416 e. The highest BCUT2D eigenvalue weighted by Gasteiger charge is 2.30. The second kappa shape index (κ2) is 9.40. The van der Waals surface area contributed by atoms with Gasteiger partial charge in [-0.3, -0.25) is 4.79 Å². The predicted molar refractivity (Wildman–Crippen MR) is 96.9 cm³/mol. The van der Waals surface area contributed by atoms with Crippen molar-refractivity contribution < 1.29 is 18.0 Å². The molecule has 1 aliphatic heterocycles. The molecule has 1 aliphatic rings. The molecule has 2 unspecified atom stereocenters. The molecule has 0 aromatic heterocycles. The van der Waals surface area contributed by atoms with Crippen molar-refractivity contribution in [2.45, 2.75) is 51.6 Å². The van der Waals surface area contributed by atoms with E-state index in [-0.39, 0.29) is 11.8 Å². The van der Waals surface area contributed by atoms with Crippen LogP contribution in [0, 0.1) is 11.8 Å². The highest BCUT2D eigenvalue weighted by molar-refractivity contribution is 5.76. The normalized spacial score (nSPS) is 18.3. The third-order valence-electron chi connectivity index (χ3n) is 5.38. The number of alkyl halides is 3. The maximum atomic E-state index is 12.8. The van der Waals surface area contributed by atoms with Gasteiger partial charge < -0.3 is 10.6 Å². The summed E-state index contributed by atoms with van der Waals surface area (Å²) in [4.78, 5) is 12.1. The van der Waals surface area contributed by atoms with E-state index >= 15 is 0 Å². The van der Waals surface area contributed by atoms with Crippen LogP contribution in [0.4, 0.5) is 13.2 Å². The third kappa shape index (κ3) is 6.31. The minimum absolute atomic E-state index is 0.0345. The first-order valence-corrected chi connectivity index (χ1v) is 9.42. The molecular formula is C20H29F3N2O. The largest absolute Gasteiger partial charge is 0.416 e. The summed E-state index contributed by atoms with van der Waals surface area (Å²) in [5.41, 5.74) is 0.0267. The molecule has 0 radical (unpaired) electrons. The van der Waals surface area contributed by atoms with Gasteiger partial charge in [-0.05, 0) is 61.7 Å². The Kier molecular flexibility index (Phi) is 7.50. The summed E-state index contributed by atoms with van der Waals surface area (Å²) in [6.07, 6.45) is -0.964. The van der Waals surface area contributed by atoms with E-state index in [2.05, 4.69) is 17.6 Å². The van der Waals surface area contributed by atoms with Crippen LogP contribution in [0.5, 0.6) is 0 Å². The van der Waals surface area contributed by atoms with Gasteiger partial charge in [-0.1, -0.05) is 32.0 Å². The first-order valence-electron chi connectivity index (χ1n) is 9.42. The Hall–Kier alpha value is -1.56. The first-order chi connectivity index (χ1) is 12.3. The summed E-state index contributed by atoms with van der Waals surface area (Å²) < 4.78 is 38.4. The van der Waals surface area contributed by atoms with Crippen molar-refractivity contribution in [2.75, 3.05) is 19.6 Å². The van der Waals surface area contributed by atoms with Crippen molar-refractivity contribution in [3.63, 3.8) is 0 Å². The molecule has 2 atom stereocenters. The summed E-state index contributed by atoms with van der Waals surface area (Å²) in [5, 5.41) is 6.25. The van der Waals surface area contributed by atoms with E-state index in [0.29, 0.717) is 36.8 Å². The summed E-state index contributed by atoms with van der Waals surface area (Å²) in [7, 11) is 0. The zero-order valence-electron chi connectivity index (χ0n) is 15.5. The van der Waals surface area contributed by atoms with Crippen LogP contribution in [-0.2, 0) is 11.0 Å². The Morgan fingerprint density at radius 2 is 1.96 bits per heavy atom. The van der Waals surface area contributed by atoms with Crippen molar-refractivity contribution >= 4 is 5.91 Å². The lowest BCUT2D eigenvalue weighted by atomic mass is 9.84. The number of hydrogen-bond acceptors (Lipinski definition) is 2. The van der Waals surface area contributed by atoms with Gasteiger partial charge in [0.1, 0.15) is 0 Å². The number of amides is 1. The average Bonchev–Trinajstić information content (AvgIpc) is 2.61. The number of halogens is 3. The Morgan fingerprint density at radius 1 is 1.27 bits per heavy atom. The molecule has 0 spiro atoms. The maximum absolute atomic E-state index is 12.8. The Balaban J connectivity index is 1.75. The van der Waals surface area contributed by atoms with Crippen LogP contribution in [0.3, 0.4) is 0 Å². The number of carbonyl (C=O) groups excluding carboxylic acids is 1. The molecule has 1 heterocycles. The van der Waals surface area contributed by atoms with Gasteiger partial charge >= 0.3 is 6.18 Å². The smallest absolute Gasteiger partial charge is 0.356 e. The van der Waals surface area contributed by atoms with E-state index in [1.165, 1.54) is 12.1 Å². The molecule has 146 valence electrons. The number of nitrogens with one attached hydrogen (secondary N) is 2. The van der Waals surface area contributed by atoms with E-state index in [4.69, 9.17) is 0 Å². The Morgan fingerprint density at radius 3 is 2.62 bits per heavy atom. The fourth-order valence-corrected chi connectivity index (χ4v) is 3.56. The lowest BCUT2D eigenvalue weighted by Crippen LogP contribution is -2.33. The van der Waals surface area contributed by atoms with Crippen LogP contribution in [0.1, 0.15) is 56.6 Å². The van der Waals surface area contributed by atoms with Crippen LogP contribution in [0.15, 0.2) is 24.3 Å². The van der Waals surface area contributed by atoms with Crippen molar-refractivity contribution in [1.29, 1.82) is 0 Å². The minimum Gasteiger partial charge on any atom is -0.356 e. The number of hydrogen-bond donors (Lipinski definition) is 2. The van der Waals surface area contributed by atoms with Gasteiger partial charge in [0, 0.05) is 13.0 Å². The molecule has 2 rings (SSSR count). The van der Waals surface area contributed by atoms with Crippen LogP contribution < -0.4 is 10.6 Å². The Labute approximate surface area is 153 Å². The zero-order valence-corrected chi connectivity index (χ0v) is 15.5. The first kappa shape index (κ1) is 20.7. The van der Waals surface area contributed by atoms with Crippen LogP contribution in [0.2, 0.25) is 0 Å². The predicted octanol–water partition coefficient (Wildman–Crippen LogP) is 4.34. The highest BCUT2D eigenvalue weighted by atomic mass is 19.4. The van der Waals surface area contributed by atoms with Gasteiger partial charge in [-0.25, -0.2) is 0 Å². The van der Waals surface area contributed by atoms with Crippen molar-refractivity contribution in [3.8, 4) is 0 Å². The molecule has 0 aliphatic carbocycles. The fraction of sp³-hybridized carbons (Fsp3) is 0.650. The summed E-state index contributed by atoms with van der Waals surface area (Å²) in [6.45, 7) is 6.53. The van der Waals surface area contributed by atoms with Crippen LogP contribution >= 0.6 is 0 Å². The quantitative estimate of drug-likeness (QED) is 0.750. The Bertz CT molecular complexity index is 583. The molecule has 26 heavy (non-hydrogen) atoms. The minimum atomic E-state index is -4.32. The van der Waals surface area contributed by atoms with Gasteiger partial charge in [0.2, 0.25) is 5.91 Å². The van der Waals surface area contributed by atoms with Gasteiger partial charge in [-0.15, -0.1) is 0 Å². The number of carbonyl (C=O) groups is 1. The van der Waals surface area contributed by atoms with Crippen molar-refractivity contribution in [3.05, 3.63) is 35.4 Å². The summed E-state index contributed by atoms with van der Waals surface area (Å²) in [5.74, 6) is 0.940. The van der Waals surface area contributed by atoms with E-state index in [1.54, 1.807) is 6.07 Å². The molecule has 6 heteroatoms. The van der Waals surface area contributed by atoms with E-state index in [9.17, 15) is 18.0 Å². The van der Waals surface area contributed by atoms with E-state index in [1.807, 2.05) is 6.92 Å². The highest BCUT2D eigenvalue weighted by Crippen LogP contribution is 2.31. The molecule has 1 saturated heterocycles. The van der Waals surface area contributed by atoms with Crippen molar-refractivity contribution in [1.82, 2.24) is 10.6 Å². The lowest BCUT2D eigenvalue weighted by Gasteiger charge is -2.27. The van der Waals surface area contributed by atoms with Crippen molar-refractivity contribution in [2.24, 2.45) is 11.8 Å². The molecule has 2 N–H and O–H groups in total. The molecule has 3 nitrogen and oxygen atoms in total. The topological polar surface area (TPSA) is 41.1 Å². The number of piperidine rings is 1. The number of rotatable bonds is 7. The van der Waals surface area contributed by atoms with Gasteiger partial charge in [0.25, 0.3) is 0 Å². The average molecular weight is 370 g/mol. The third-order valence-corrected chi connectivity index (χ3v) is 5.38. The van der Waals surface area contributed by atoms with Crippen LogP contribution in [-0.4, -0.2) is 25.5 Å². The molecule has 1 aromatic carbocycles. The van der Waals surface area contributed by atoms with Gasteiger partial charge in [0.05, 0.1) is 5.56 Å². The monoisotopic (exact) mass is 370 g/mol. The lowest BCUT2D eigenvalue weighted by molar-refractivity contribution is -0.137. The second-order valence-corrected chi connectivity index (χ2v) is 7.43. The molecular weight excluding hydrogens is 341 g/mol. The standard InChI is InChI=1S/C20H29F3N2O/c1-14(17-4-3-5-18(13-17)20(21,22)23)6-11-25-19(26)12-15(2)16-7-9-24-10-8-16/h3-5,13-16,24H,6-12H2,1-2H3,(H,25,26). The summed E-state index contributed by atoms with van der Waals surface area (Å²) >= 11 is 0. The van der Waals surface area contributed by atoms with Gasteiger partial charge in [0.15, 0.2) is 0 Å². The molecule has 0 saturated carbocycles. The molecule has 0 bridgehead atoms. The molecule has 1 amide bonds. The zero-order chi connectivity index (χ0) is 19.2. The van der Waals surface area contributed by atoms with E-state index in [0.717, 1.165) is 32.0 Å².